The monoisotopic (exact) mass is 296 g/mol. The van der Waals surface area contributed by atoms with E-state index in [2.05, 4.69) is 0 Å². The lowest BCUT2D eigenvalue weighted by atomic mass is 9.86. The van der Waals surface area contributed by atoms with Crippen molar-refractivity contribution in [2.24, 2.45) is 17.1 Å². The first-order valence-corrected chi connectivity index (χ1v) is 6.36. The lowest BCUT2D eigenvalue weighted by Gasteiger charge is -2.28. The second kappa shape index (κ2) is 5.59. The highest BCUT2D eigenvalue weighted by Gasteiger charge is 2.64. The second-order valence-electron chi connectivity index (χ2n) is 5.63. The Morgan fingerprint density at radius 3 is 2.30 bits per heavy atom. The maximum absolute atomic E-state index is 13.0. The Labute approximate surface area is 114 Å². The molecule has 1 aliphatic rings. The van der Waals surface area contributed by atoms with Crippen LogP contribution in [0.5, 0.6) is 0 Å². The van der Waals surface area contributed by atoms with Crippen LogP contribution >= 0.6 is 0 Å². The van der Waals surface area contributed by atoms with E-state index >= 15 is 0 Å². The van der Waals surface area contributed by atoms with Crippen LogP contribution in [0, 0.1) is 11.3 Å². The molecule has 1 aliphatic heterocycles. The topological polar surface area (TPSA) is 83.6 Å². The van der Waals surface area contributed by atoms with Crippen LogP contribution in [-0.4, -0.2) is 47.2 Å². The molecule has 1 heterocycles. The van der Waals surface area contributed by atoms with Crippen molar-refractivity contribution >= 4 is 11.9 Å². The van der Waals surface area contributed by atoms with E-state index in [1.54, 1.807) is 0 Å². The zero-order chi connectivity index (χ0) is 15.7. The van der Waals surface area contributed by atoms with Gasteiger partial charge in [0.05, 0.1) is 6.04 Å². The molecular formula is C12H19F3N2O3. The highest BCUT2D eigenvalue weighted by atomic mass is 19.4. The molecule has 0 aromatic heterocycles. The minimum absolute atomic E-state index is 0.128. The Morgan fingerprint density at radius 2 is 1.95 bits per heavy atom. The summed E-state index contributed by atoms with van der Waals surface area (Å²) in [5, 5.41) is 8.89. The van der Waals surface area contributed by atoms with Crippen molar-refractivity contribution in [3.8, 4) is 0 Å². The van der Waals surface area contributed by atoms with Crippen molar-refractivity contribution in [2.45, 2.75) is 38.9 Å². The number of nitrogens with zero attached hydrogens (tertiary/aromatic N) is 1. The number of carboxylic acids is 1. The van der Waals surface area contributed by atoms with E-state index < -0.39 is 42.5 Å². The molecule has 0 aliphatic carbocycles. The standard InChI is InChI=1S/C12H19F3N2O3/c1-7(2)5-8(16)9(18)17-4-3-11(6-17,10(19)20)12(13,14)15/h7-8H,3-6,16H2,1-2H3,(H,19,20)/t8-,11?/m1/s1. The number of nitrogens with two attached hydrogens (primary N) is 1. The molecule has 1 fully saturated rings. The molecule has 0 bridgehead atoms. The molecule has 0 aromatic carbocycles. The number of carbonyl (C=O) groups is 2. The first-order chi connectivity index (χ1) is 9.01. The number of rotatable bonds is 4. The van der Waals surface area contributed by atoms with E-state index in [-0.39, 0.29) is 12.5 Å². The Morgan fingerprint density at radius 1 is 1.40 bits per heavy atom. The number of aliphatic carboxylic acids is 1. The van der Waals surface area contributed by atoms with E-state index in [9.17, 15) is 22.8 Å². The number of alkyl halides is 3. The number of carboxylic acid groups (broad SMARTS) is 1. The van der Waals surface area contributed by atoms with Gasteiger partial charge in [-0.25, -0.2) is 0 Å². The molecule has 1 rings (SSSR count). The molecule has 0 saturated carbocycles. The fourth-order valence-electron chi connectivity index (χ4n) is 2.37. The van der Waals surface area contributed by atoms with E-state index in [1.165, 1.54) is 0 Å². The van der Waals surface area contributed by atoms with Crippen LogP contribution in [0.2, 0.25) is 0 Å². The van der Waals surface area contributed by atoms with E-state index in [0.717, 1.165) is 4.90 Å². The van der Waals surface area contributed by atoms with Gasteiger partial charge in [0.15, 0.2) is 5.41 Å². The lowest BCUT2D eigenvalue weighted by molar-refractivity contribution is -0.227. The summed E-state index contributed by atoms with van der Waals surface area (Å²) < 4.78 is 38.9. The number of halogens is 3. The number of carbonyl (C=O) groups excluding carboxylic acids is 1. The van der Waals surface area contributed by atoms with Gasteiger partial charge in [-0.3, -0.25) is 9.59 Å². The molecule has 0 spiro atoms. The maximum atomic E-state index is 13.0. The summed E-state index contributed by atoms with van der Waals surface area (Å²) in [7, 11) is 0. The molecule has 1 amide bonds. The minimum Gasteiger partial charge on any atom is -0.481 e. The number of hydrogen-bond donors (Lipinski definition) is 2. The SMILES string of the molecule is CC(C)C[C@@H](N)C(=O)N1CCC(C(=O)O)(C(F)(F)F)C1. The molecule has 0 aromatic rings. The lowest BCUT2D eigenvalue weighted by Crippen LogP contribution is -2.50. The van der Waals surface area contributed by atoms with Crippen LogP contribution in [0.4, 0.5) is 13.2 Å². The van der Waals surface area contributed by atoms with Crippen molar-refractivity contribution in [2.75, 3.05) is 13.1 Å². The van der Waals surface area contributed by atoms with Gasteiger partial charge >= 0.3 is 12.1 Å². The average Bonchev–Trinajstić information content (AvgIpc) is 2.72. The predicted octanol–water partition coefficient (Wildman–Crippen LogP) is 1.23. The summed E-state index contributed by atoms with van der Waals surface area (Å²) in [6, 6.07) is -0.896. The van der Waals surface area contributed by atoms with Crippen LogP contribution in [0.3, 0.4) is 0 Å². The highest BCUT2D eigenvalue weighted by molar-refractivity contribution is 5.84. The van der Waals surface area contributed by atoms with Gasteiger partial charge in [-0.2, -0.15) is 13.2 Å². The van der Waals surface area contributed by atoms with Crippen molar-refractivity contribution in [3.63, 3.8) is 0 Å². The third-order valence-corrected chi connectivity index (χ3v) is 3.58. The quantitative estimate of drug-likeness (QED) is 0.817. The third kappa shape index (κ3) is 3.05. The Kier molecular flexibility index (Phi) is 4.68. The van der Waals surface area contributed by atoms with Gasteiger partial charge in [-0.05, 0) is 18.8 Å². The van der Waals surface area contributed by atoms with Crippen molar-refractivity contribution in [3.05, 3.63) is 0 Å². The van der Waals surface area contributed by atoms with Crippen molar-refractivity contribution in [1.29, 1.82) is 0 Å². The molecule has 8 heteroatoms. The first-order valence-electron chi connectivity index (χ1n) is 6.36. The van der Waals surface area contributed by atoms with E-state index in [1.807, 2.05) is 13.8 Å². The first kappa shape index (κ1) is 16.7. The highest BCUT2D eigenvalue weighted by Crippen LogP contribution is 2.45. The van der Waals surface area contributed by atoms with Crippen LogP contribution < -0.4 is 5.73 Å². The smallest absolute Gasteiger partial charge is 0.406 e. The fourth-order valence-corrected chi connectivity index (χ4v) is 2.37. The number of hydrogen-bond acceptors (Lipinski definition) is 3. The fraction of sp³-hybridized carbons (Fsp3) is 0.833. The van der Waals surface area contributed by atoms with Gasteiger partial charge in [0.1, 0.15) is 0 Å². The summed E-state index contributed by atoms with van der Waals surface area (Å²) in [5.41, 5.74) is 2.78. The zero-order valence-corrected chi connectivity index (χ0v) is 11.4. The van der Waals surface area contributed by atoms with Gasteiger partial charge in [-0.1, -0.05) is 13.8 Å². The molecule has 1 saturated heterocycles. The minimum atomic E-state index is -4.89. The van der Waals surface area contributed by atoms with Gasteiger partial charge in [-0.15, -0.1) is 0 Å². The maximum Gasteiger partial charge on any atom is 0.406 e. The van der Waals surface area contributed by atoms with Gasteiger partial charge in [0, 0.05) is 13.1 Å². The summed E-state index contributed by atoms with van der Waals surface area (Å²) in [4.78, 5) is 23.9. The number of likely N-dealkylation sites (tertiary alicyclic amines) is 1. The summed E-state index contributed by atoms with van der Waals surface area (Å²) in [6.07, 6.45) is -5.18. The third-order valence-electron chi connectivity index (χ3n) is 3.58. The number of amides is 1. The average molecular weight is 296 g/mol. The molecule has 5 nitrogen and oxygen atoms in total. The second-order valence-corrected chi connectivity index (χ2v) is 5.63. The normalized spacial score (nSPS) is 25.1. The molecular weight excluding hydrogens is 277 g/mol. The van der Waals surface area contributed by atoms with Gasteiger partial charge in [0.25, 0.3) is 0 Å². The Balaban J connectivity index is 2.85. The predicted molar refractivity (Wildman–Crippen MR) is 64.8 cm³/mol. The molecule has 20 heavy (non-hydrogen) atoms. The molecule has 2 atom stereocenters. The molecule has 3 N–H and O–H groups in total. The van der Waals surface area contributed by atoms with Crippen LogP contribution in [0.1, 0.15) is 26.7 Å². The van der Waals surface area contributed by atoms with Gasteiger partial charge in [0.2, 0.25) is 5.91 Å². The molecule has 0 radical (unpaired) electrons. The summed E-state index contributed by atoms with van der Waals surface area (Å²) in [5.74, 6) is -2.44. The van der Waals surface area contributed by atoms with Crippen molar-refractivity contribution < 1.29 is 27.9 Å². The van der Waals surface area contributed by atoms with Crippen LogP contribution in [0.25, 0.3) is 0 Å². The Hall–Kier alpha value is -1.31. The van der Waals surface area contributed by atoms with Crippen molar-refractivity contribution in [1.82, 2.24) is 4.90 Å². The van der Waals surface area contributed by atoms with Crippen LogP contribution in [0.15, 0.2) is 0 Å². The van der Waals surface area contributed by atoms with Gasteiger partial charge < -0.3 is 15.7 Å². The van der Waals surface area contributed by atoms with E-state index in [4.69, 9.17) is 10.8 Å². The van der Waals surface area contributed by atoms with E-state index in [0.29, 0.717) is 6.42 Å². The summed E-state index contributed by atoms with van der Waals surface area (Å²) >= 11 is 0. The van der Waals surface area contributed by atoms with Crippen LogP contribution in [-0.2, 0) is 9.59 Å². The zero-order valence-electron chi connectivity index (χ0n) is 11.4. The summed E-state index contributed by atoms with van der Waals surface area (Å²) in [6.45, 7) is 2.58. The Bertz CT molecular complexity index is 398. The molecule has 116 valence electrons. The molecule has 1 unspecified atom stereocenters. The largest absolute Gasteiger partial charge is 0.481 e.